The number of hydrogen-bond acceptors (Lipinski definition) is 4. The van der Waals surface area contributed by atoms with E-state index in [9.17, 15) is 13.2 Å². The van der Waals surface area contributed by atoms with Crippen LogP contribution < -0.4 is 6.15 Å². The first-order valence-corrected chi connectivity index (χ1v) is 6.07. The zero-order valence-electron chi connectivity index (χ0n) is 9.91. The SMILES string of the molecule is CC1(c2cc(Br)ncc2F)N=C2C(C(F)F)OC21.N. The highest BCUT2D eigenvalue weighted by molar-refractivity contribution is 9.10. The third-order valence-electron chi connectivity index (χ3n) is 3.31. The molecule has 19 heavy (non-hydrogen) atoms. The van der Waals surface area contributed by atoms with Crippen molar-refractivity contribution in [3.8, 4) is 0 Å². The van der Waals surface area contributed by atoms with Crippen LogP contribution in [0.5, 0.6) is 0 Å². The van der Waals surface area contributed by atoms with Crippen LogP contribution >= 0.6 is 15.9 Å². The van der Waals surface area contributed by atoms with E-state index in [1.807, 2.05) is 0 Å². The first kappa shape index (κ1) is 14.4. The molecule has 1 saturated heterocycles. The Morgan fingerprint density at radius 3 is 2.68 bits per heavy atom. The van der Waals surface area contributed by atoms with Gasteiger partial charge in [0, 0.05) is 5.56 Å². The second-order valence-corrected chi connectivity index (χ2v) is 5.25. The molecule has 0 aromatic carbocycles. The maximum atomic E-state index is 13.7. The van der Waals surface area contributed by atoms with Crippen molar-refractivity contribution in [2.24, 2.45) is 4.99 Å². The van der Waals surface area contributed by atoms with Gasteiger partial charge in [-0.3, -0.25) is 4.99 Å². The lowest BCUT2D eigenvalue weighted by Gasteiger charge is -2.54. The smallest absolute Gasteiger partial charge is 0.269 e. The Kier molecular flexibility index (Phi) is 3.44. The number of aromatic nitrogens is 1. The van der Waals surface area contributed by atoms with E-state index < -0.39 is 30.0 Å². The minimum atomic E-state index is -2.58. The number of aliphatic imine (C=N–C) groups is 1. The summed E-state index contributed by atoms with van der Waals surface area (Å²) in [6.45, 7) is 1.66. The van der Waals surface area contributed by atoms with Gasteiger partial charge in [0.05, 0.1) is 11.9 Å². The van der Waals surface area contributed by atoms with Gasteiger partial charge in [0.1, 0.15) is 22.1 Å². The van der Waals surface area contributed by atoms with Gasteiger partial charge in [-0.1, -0.05) is 0 Å². The predicted molar refractivity (Wildman–Crippen MR) is 66.4 cm³/mol. The van der Waals surface area contributed by atoms with Crippen LogP contribution in [0.25, 0.3) is 0 Å². The predicted octanol–water partition coefficient (Wildman–Crippen LogP) is 2.85. The van der Waals surface area contributed by atoms with Gasteiger partial charge in [0.2, 0.25) is 0 Å². The summed E-state index contributed by atoms with van der Waals surface area (Å²) >= 11 is 3.14. The molecule has 0 radical (unpaired) electrons. The summed E-state index contributed by atoms with van der Waals surface area (Å²) in [5, 5.41) is 0. The van der Waals surface area contributed by atoms with Crippen LogP contribution in [0, 0.1) is 5.82 Å². The Hall–Kier alpha value is -0.990. The molecule has 3 N–H and O–H groups in total. The molecule has 1 aromatic rings. The zero-order chi connectivity index (χ0) is 13.1. The van der Waals surface area contributed by atoms with Gasteiger partial charge in [-0.25, -0.2) is 18.2 Å². The van der Waals surface area contributed by atoms with E-state index in [-0.39, 0.29) is 6.15 Å². The number of nitrogens with zero attached hydrogens (tertiary/aromatic N) is 2. The summed E-state index contributed by atoms with van der Waals surface area (Å²) in [6.07, 6.45) is -3.29. The normalized spacial score (nSPS) is 31.8. The Balaban J connectivity index is 0.00000133. The third-order valence-corrected chi connectivity index (χ3v) is 3.74. The lowest BCUT2D eigenvalue weighted by Crippen LogP contribution is -2.68. The molecular weight excluding hydrogens is 327 g/mol. The largest absolute Gasteiger partial charge is 0.354 e. The fourth-order valence-electron chi connectivity index (χ4n) is 2.36. The van der Waals surface area contributed by atoms with Gasteiger partial charge in [-0.15, -0.1) is 0 Å². The summed E-state index contributed by atoms with van der Waals surface area (Å²) in [7, 11) is 0. The summed E-state index contributed by atoms with van der Waals surface area (Å²) in [5.74, 6) is -0.521. The van der Waals surface area contributed by atoms with Crippen LogP contribution in [0.15, 0.2) is 21.9 Å². The van der Waals surface area contributed by atoms with Crippen molar-refractivity contribution >= 4 is 21.6 Å². The Morgan fingerprint density at radius 1 is 1.47 bits per heavy atom. The lowest BCUT2D eigenvalue weighted by molar-refractivity contribution is -0.123. The fraction of sp³-hybridized carbons (Fsp3) is 0.455. The average Bonchev–Trinajstić information content (AvgIpc) is 2.28. The lowest BCUT2D eigenvalue weighted by atomic mass is 9.74. The molecule has 3 rings (SSSR count). The molecule has 8 heteroatoms. The molecule has 2 aliphatic heterocycles. The van der Waals surface area contributed by atoms with E-state index in [1.54, 1.807) is 6.92 Å². The number of fused-ring (bicyclic) bond motifs is 1. The van der Waals surface area contributed by atoms with Crippen molar-refractivity contribution < 1.29 is 17.9 Å². The van der Waals surface area contributed by atoms with Crippen LogP contribution in [0.4, 0.5) is 13.2 Å². The first-order valence-electron chi connectivity index (χ1n) is 5.28. The molecule has 3 atom stereocenters. The van der Waals surface area contributed by atoms with Crippen molar-refractivity contribution in [3.63, 3.8) is 0 Å². The summed E-state index contributed by atoms with van der Waals surface area (Å²) in [5.41, 5.74) is -0.318. The number of hydrogen-bond donors (Lipinski definition) is 1. The van der Waals surface area contributed by atoms with Gasteiger partial charge in [-0.05, 0) is 28.9 Å². The maximum absolute atomic E-state index is 13.7. The van der Waals surface area contributed by atoms with Crippen molar-refractivity contribution in [1.82, 2.24) is 11.1 Å². The van der Waals surface area contributed by atoms with E-state index in [1.165, 1.54) is 6.07 Å². The van der Waals surface area contributed by atoms with Crippen molar-refractivity contribution in [2.45, 2.75) is 31.1 Å². The van der Waals surface area contributed by atoms with Crippen LogP contribution in [0.3, 0.4) is 0 Å². The molecule has 1 fully saturated rings. The minimum absolute atomic E-state index is 0. The molecular formula is C11H11BrF3N3O. The van der Waals surface area contributed by atoms with E-state index in [0.717, 1.165) is 6.20 Å². The Labute approximate surface area is 115 Å². The highest BCUT2D eigenvalue weighted by Gasteiger charge is 2.61. The summed E-state index contributed by atoms with van der Waals surface area (Å²) < 4.78 is 44.1. The standard InChI is InChI=1S/C11H8BrF3N2O.H3N/c1-11(4-2-6(12)16-3-5(4)13)9-7(17-11)8(18-9)10(14)15;/h2-3,8-10H,1H3;1H3. The summed E-state index contributed by atoms with van der Waals surface area (Å²) in [4.78, 5) is 7.87. The van der Waals surface area contributed by atoms with Gasteiger partial charge < -0.3 is 10.9 Å². The van der Waals surface area contributed by atoms with Crippen LogP contribution in [-0.2, 0) is 10.3 Å². The average molecular weight is 338 g/mol. The molecule has 0 aliphatic carbocycles. The second-order valence-electron chi connectivity index (χ2n) is 4.44. The second kappa shape index (κ2) is 4.53. The number of halogens is 4. The fourth-order valence-corrected chi connectivity index (χ4v) is 2.69. The van der Waals surface area contributed by atoms with Crippen LogP contribution in [-0.4, -0.2) is 29.3 Å². The number of rotatable bonds is 2. The molecule has 0 bridgehead atoms. The van der Waals surface area contributed by atoms with E-state index >= 15 is 0 Å². The van der Waals surface area contributed by atoms with Gasteiger partial charge in [-0.2, -0.15) is 0 Å². The number of ether oxygens (including phenoxy) is 1. The topological polar surface area (TPSA) is 69.5 Å². The van der Waals surface area contributed by atoms with Crippen molar-refractivity contribution in [3.05, 3.63) is 28.2 Å². The quantitative estimate of drug-likeness (QED) is 0.843. The van der Waals surface area contributed by atoms with Crippen LogP contribution in [0.1, 0.15) is 12.5 Å². The molecule has 104 valence electrons. The van der Waals surface area contributed by atoms with Gasteiger partial charge in [0.15, 0.2) is 6.10 Å². The van der Waals surface area contributed by atoms with E-state index in [2.05, 4.69) is 25.9 Å². The Morgan fingerprint density at radius 2 is 2.16 bits per heavy atom. The van der Waals surface area contributed by atoms with Gasteiger partial charge >= 0.3 is 0 Å². The number of pyridine rings is 1. The molecule has 2 aliphatic rings. The maximum Gasteiger partial charge on any atom is 0.269 e. The van der Waals surface area contributed by atoms with Crippen LogP contribution in [0.2, 0.25) is 0 Å². The molecule has 4 nitrogen and oxygen atoms in total. The first-order chi connectivity index (χ1) is 8.43. The molecule has 0 spiro atoms. The zero-order valence-corrected chi connectivity index (χ0v) is 11.5. The molecule has 0 saturated carbocycles. The highest BCUT2D eigenvalue weighted by atomic mass is 79.9. The van der Waals surface area contributed by atoms with Gasteiger partial charge in [0.25, 0.3) is 6.43 Å². The molecule has 0 amide bonds. The van der Waals surface area contributed by atoms with Crippen molar-refractivity contribution in [1.29, 1.82) is 0 Å². The molecule has 1 aromatic heterocycles. The van der Waals surface area contributed by atoms with E-state index in [0.29, 0.717) is 15.9 Å². The summed E-state index contributed by atoms with van der Waals surface area (Å²) in [6, 6.07) is 1.49. The molecule has 3 unspecified atom stereocenters. The minimum Gasteiger partial charge on any atom is -0.354 e. The Bertz CT molecular complexity index is 554. The van der Waals surface area contributed by atoms with Crippen molar-refractivity contribution in [2.75, 3.05) is 0 Å². The third kappa shape index (κ3) is 1.89. The number of alkyl halides is 2. The molecule has 3 heterocycles. The van der Waals surface area contributed by atoms with E-state index in [4.69, 9.17) is 4.74 Å². The highest BCUT2D eigenvalue weighted by Crippen LogP contribution is 2.48. The monoisotopic (exact) mass is 337 g/mol.